The highest BCUT2D eigenvalue weighted by molar-refractivity contribution is 5.96. The summed E-state index contributed by atoms with van der Waals surface area (Å²) in [6, 6.07) is 11.8. The van der Waals surface area contributed by atoms with E-state index in [1.54, 1.807) is 32.9 Å². The Labute approximate surface area is 153 Å². The predicted octanol–water partition coefficient (Wildman–Crippen LogP) is 2.74. The zero-order valence-corrected chi connectivity index (χ0v) is 15.2. The highest BCUT2D eigenvalue weighted by Crippen LogP contribution is 2.11. The maximum Gasteiger partial charge on any atom is 0.408 e. The Kier molecular flexibility index (Phi) is 6.16. The molecule has 0 saturated carbocycles. The molecule has 7 heteroatoms. The molecule has 4 N–H and O–H groups in total. The van der Waals surface area contributed by atoms with E-state index in [-0.39, 0.29) is 0 Å². The number of hydrogen-bond acceptors (Lipinski definition) is 5. The average molecular weight is 356 g/mol. The number of anilines is 2. The molecule has 138 valence electrons. The number of alkyl carbamates (subject to hydrolysis) is 1. The number of nitrogen functional groups attached to an aromatic ring is 1. The standard InChI is InChI=1S/C19H24N4O3/c1-19(2,3)26-18(25)22-15(11-13-7-5-4-6-8-13)17(24)23-16-10-9-14(20)12-21-16/h4-10,12,15H,11,20H2,1-3H3,(H,22,25)(H,21,23,24)/t15-/m0/s1. The van der Waals surface area contributed by atoms with Gasteiger partial charge in [0.15, 0.2) is 0 Å². The number of rotatable bonds is 5. The summed E-state index contributed by atoms with van der Waals surface area (Å²) in [5.41, 5.74) is 6.35. The van der Waals surface area contributed by atoms with Gasteiger partial charge in [-0.3, -0.25) is 4.79 Å². The predicted molar refractivity (Wildman–Crippen MR) is 101 cm³/mol. The number of carbonyl (C=O) groups is 2. The van der Waals surface area contributed by atoms with Crippen LogP contribution in [0, 0.1) is 0 Å². The summed E-state index contributed by atoms with van der Waals surface area (Å²) < 4.78 is 5.26. The van der Waals surface area contributed by atoms with Gasteiger partial charge in [-0.2, -0.15) is 0 Å². The minimum Gasteiger partial charge on any atom is -0.444 e. The van der Waals surface area contributed by atoms with Gasteiger partial charge >= 0.3 is 6.09 Å². The fourth-order valence-electron chi connectivity index (χ4n) is 2.20. The van der Waals surface area contributed by atoms with Gasteiger partial charge in [-0.05, 0) is 38.5 Å². The third-order valence-corrected chi connectivity index (χ3v) is 3.33. The van der Waals surface area contributed by atoms with Crippen LogP contribution in [0.1, 0.15) is 26.3 Å². The Morgan fingerprint density at radius 3 is 2.42 bits per heavy atom. The molecule has 2 amide bonds. The number of amides is 2. The summed E-state index contributed by atoms with van der Waals surface area (Å²) in [7, 11) is 0. The van der Waals surface area contributed by atoms with Crippen molar-refractivity contribution in [3.8, 4) is 0 Å². The van der Waals surface area contributed by atoms with Crippen molar-refractivity contribution >= 4 is 23.5 Å². The van der Waals surface area contributed by atoms with Crippen LogP contribution in [0.5, 0.6) is 0 Å². The summed E-state index contributed by atoms with van der Waals surface area (Å²) in [6.45, 7) is 5.28. The van der Waals surface area contributed by atoms with Crippen LogP contribution in [-0.4, -0.2) is 28.6 Å². The van der Waals surface area contributed by atoms with Gasteiger partial charge in [0.1, 0.15) is 17.5 Å². The van der Waals surface area contributed by atoms with E-state index in [1.165, 1.54) is 6.20 Å². The Bertz CT molecular complexity index is 740. The second-order valence-electron chi connectivity index (χ2n) is 6.85. The zero-order chi connectivity index (χ0) is 19.2. The van der Waals surface area contributed by atoms with Gasteiger partial charge in [0, 0.05) is 6.42 Å². The molecular weight excluding hydrogens is 332 g/mol. The van der Waals surface area contributed by atoms with Crippen molar-refractivity contribution in [2.75, 3.05) is 11.1 Å². The van der Waals surface area contributed by atoms with Crippen LogP contribution >= 0.6 is 0 Å². The van der Waals surface area contributed by atoms with Crippen LogP contribution in [0.4, 0.5) is 16.3 Å². The van der Waals surface area contributed by atoms with Crippen molar-refractivity contribution in [2.24, 2.45) is 0 Å². The Hall–Kier alpha value is -3.09. The summed E-state index contributed by atoms with van der Waals surface area (Å²) in [4.78, 5) is 28.8. The molecular formula is C19H24N4O3. The number of nitrogens with two attached hydrogens (primary N) is 1. The number of pyridine rings is 1. The fraction of sp³-hybridized carbons (Fsp3) is 0.316. The lowest BCUT2D eigenvalue weighted by atomic mass is 10.1. The van der Waals surface area contributed by atoms with Crippen molar-refractivity contribution in [2.45, 2.75) is 38.8 Å². The van der Waals surface area contributed by atoms with Gasteiger partial charge in [0.05, 0.1) is 11.9 Å². The van der Waals surface area contributed by atoms with Gasteiger partial charge in [-0.15, -0.1) is 0 Å². The molecule has 0 radical (unpaired) electrons. The highest BCUT2D eigenvalue weighted by atomic mass is 16.6. The number of ether oxygens (including phenoxy) is 1. The lowest BCUT2D eigenvalue weighted by molar-refractivity contribution is -0.118. The molecule has 0 aliphatic rings. The molecule has 2 rings (SSSR count). The first-order valence-corrected chi connectivity index (χ1v) is 8.29. The van der Waals surface area contributed by atoms with Gasteiger partial charge in [-0.25, -0.2) is 9.78 Å². The topological polar surface area (TPSA) is 106 Å². The van der Waals surface area contributed by atoms with Crippen LogP contribution in [0.3, 0.4) is 0 Å². The minimum absolute atomic E-state index is 0.320. The summed E-state index contributed by atoms with van der Waals surface area (Å²) in [6.07, 6.45) is 1.11. The molecule has 0 fully saturated rings. The zero-order valence-electron chi connectivity index (χ0n) is 15.2. The van der Waals surface area contributed by atoms with Gasteiger partial charge in [-0.1, -0.05) is 30.3 Å². The molecule has 0 bridgehead atoms. The average Bonchev–Trinajstić information content (AvgIpc) is 2.55. The van der Waals surface area contributed by atoms with Crippen LogP contribution in [0.15, 0.2) is 48.7 Å². The maximum absolute atomic E-state index is 12.7. The van der Waals surface area contributed by atoms with E-state index < -0.39 is 23.6 Å². The van der Waals surface area contributed by atoms with Gasteiger partial charge in [0.2, 0.25) is 5.91 Å². The minimum atomic E-state index is -0.813. The van der Waals surface area contributed by atoms with Gasteiger partial charge in [0.25, 0.3) is 0 Å². The summed E-state index contributed by atoms with van der Waals surface area (Å²) >= 11 is 0. The first-order valence-electron chi connectivity index (χ1n) is 8.29. The first kappa shape index (κ1) is 19.2. The second kappa shape index (κ2) is 8.33. The quantitative estimate of drug-likeness (QED) is 0.764. The largest absolute Gasteiger partial charge is 0.444 e. The van der Waals surface area contributed by atoms with Crippen LogP contribution in [0.2, 0.25) is 0 Å². The number of benzene rings is 1. The lowest BCUT2D eigenvalue weighted by Gasteiger charge is -2.23. The third-order valence-electron chi connectivity index (χ3n) is 3.33. The van der Waals surface area contributed by atoms with E-state index in [1.807, 2.05) is 30.3 Å². The maximum atomic E-state index is 12.7. The van der Waals surface area contributed by atoms with Crippen LogP contribution < -0.4 is 16.4 Å². The molecule has 0 saturated heterocycles. The third kappa shape index (κ3) is 6.43. The monoisotopic (exact) mass is 356 g/mol. The van der Waals surface area contributed by atoms with Crippen LogP contribution in [0.25, 0.3) is 0 Å². The van der Waals surface area contributed by atoms with Crippen LogP contribution in [-0.2, 0) is 16.0 Å². The van der Waals surface area contributed by atoms with E-state index in [2.05, 4.69) is 15.6 Å². The molecule has 0 aliphatic heterocycles. The molecule has 7 nitrogen and oxygen atoms in total. The fourth-order valence-corrected chi connectivity index (χ4v) is 2.20. The molecule has 1 aromatic carbocycles. The number of carbonyl (C=O) groups excluding carboxylic acids is 2. The lowest BCUT2D eigenvalue weighted by Crippen LogP contribution is -2.47. The smallest absolute Gasteiger partial charge is 0.408 e. The highest BCUT2D eigenvalue weighted by Gasteiger charge is 2.25. The molecule has 26 heavy (non-hydrogen) atoms. The SMILES string of the molecule is CC(C)(C)OC(=O)N[C@@H](Cc1ccccc1)C(=O)Nc1ccc(N)cn1. The van der Waals surface area contributed by atoms with Gasteiger partial charge < -0.3 is 21.1 Å². The van der Waals surface area contributed by atoms with Crippen molar-refractivity contribution < 1.29 is 14.3 Å². The van der Waals surface area contributed by atoms with Crippen molar-refractivity contribution in [3.63, 3.8) is 0 Å². The summed E-state index contributed by atoms with van der Waals surface area (Å²) in [5.74, 6) is -0.0368. The van der Waals surface area contributed by atoms with Crippen molar-refractivity contribution in [3.05, 3.63) is 54.2 Å². The first-order chi connectivity index (χ1) is 12.2. The number of hydrogen-bond donors (Lipinski definition) is 3. The Morgan fingerprint density at radius 1 is 1.15 bits per heavy atom. The Balaban J connectivity index is 2.11. The Morgan fingerprint density at radius 2 is 1.85 bits per heavy atom. The van der Waals surface area contributed by atoms with Crippen molar-refractivity contribution in [1.82, 2.24) is 10.3 Å². The molecule has 0 unspecified atom stereocenters. The normalized spacial score (nSPS) is 12.1. The van der Waals surface area contributed by atoms with E-state index in [0.717, 1.165) is 5.56 Å². The molecule has 0 aliphatic carbocycles. The molecule has 0 spiro atoms. The number of nitrogens with zero attached hydrogens (tertiary/aromatic N) is 1. The molecule has 1 heterocycles. The molecule has 1 atom stereocenters. The summed E-state index contributed by atoms with van der Waals surface area (Å²) in [5, 5.41) is 5.31. The molecule has 2 aromatic rings. The second-order valence-corrected chi connectivity index (χ2v) is 6.85. The van der Waals surface area contributed by atoms with E-state index >= 15 is 0 Å². The number of nitrogens with one attached hydrogen (secondary N) is 2. The van der Waals surface area contributed by atoms with E-state index in [4.69, 9.17) is 10.5 Å². The van der Waals surface area contributed by atoms with Crippen molar-refractivity contribution in [1.29, 1.82) is 0 Å². The number of aromatic nitrogens is 1. The molecule has 1 aromatic heterocycles. The van der Waals surface area contributed by atoms with E-state index in [9.17, 15) is 9.59 Å². The van der Waals surface area contributed by atoms with E-state index in [0.29, 0.717) is 17.9 Å².